The van der Waals surface area contributed by atoms with E-state index in [9.17, 15) is 13.5 Å². The smallest absolute Gasteiger partial charge is 0.242 e. The van der Waals surface area contributed by atoms with Gasteiger partial charge < -0.3 is 5.11 Å². The SMILES string of the molecule is CN(CC1CCCC1O)S(=O)(=O)c1ccc(CC#N)cc1. The molecule has 1 saturated carbocycles. The molecule has 0 bridgehead atoms. The average Bonchev–Trinajstić information content (AvgIpc) is 2.85. The average molecular weight is 308 g/mol. The minimum atomic E-state index is -3.54. The highest BCUT2D eigenvalue weighted by molar-refractivity contribution is 7.89. The zero-order valence-electron chi connectivity index (χ0n) is 12.1. The van der Waals surface area contributed by atoms with Crippen LogP contribution in [0.5, 0.6) is 0 Å². The van der Waals surface area contributed by atoms with Crippen LogP contribution in [0.15, 0.2) is 29.2 Å². The molecule has 1 aromatic carbocycles. The molecule has 0 spiro atoms. The Kier molecular flexibility index (Phi) is 4.99. The van der Waals surface area contributed by atoms with Crippen molar-refractivity contribution in [2.24, 2.45) is 5.92 Å². The molecule has 21 heavy (non-hydrogen) atoms. The van der Waals surface area contributed by atoms with Gasteiger partial charge in [-0.25, -0.2) is 12.7 Å². The zero-order valence-corrected chi connectivity index (χ0v) is 12.9. The molecule has 0 heterocycles. The maximum atomic E-state index is 12.5. The van der Waals surface area contributed by atoms with Crippen LogP contribution in [0.4, 0.5) is 0 Å². The Morgan fingerprint density at radius 2 is 2.00 bits per heavy atom. The largest absolute Gasteiger partial charge is 0.393 e. The van der Waals surface area contributed by atoms with Gasteiger partial charge in [0.05, 0.1) is 23.5 Å². The highest BCUT2D eigenvalue weighted by Crippen LogP contribution is 2.27. The van der Waals surface area contributed by atoms with E-state index < -0.39 is 16.1 Å². The van der Waals surface area contributed by atoms with Crippen LogP contribution < -0.4 is 0 Å². The molecule has 0 amide bonds. The van der Waals surface area contributed by atoms with Gasteiger partial charge in [0.25, 0.3) is 0 Å². The molecule has 1 N–H and O–H groups in total. The number of sulfonamides is 1. The van der Waals surface area contributed by atoms with Crippen molar-refractivity contribution in [3.8, 4) is 6.07 Å². The quantitative estimate of drug-likeness (QED) is 0.894. The third-order valence-corrected chi connectivity index (χ3v) is 5.86. The number of hydrogen-bond acceptors (Lipinski definition) is 4. The second-order valence-electron chi connectivity index (χ2n) is 5.52. The minimum Gasteiger partial charge on any atom is -0.393 e. The Morgan fingerprint density at radius 3 is 2.52 bits per heavy atom. The predicted octanol–water partition coefficient (Wildman–Crippen LogP) is 1.53. The summed E-state index contributed by atoms with van der Waals surface area (Å²) in [6.45, 7) is 0.337. The molecule has 1 fully saturated rings. The van der Waals surface area contributed by atoms with Crippen molar-refractivity contribution in [1.82, 2.24) is 4.31 Å². The van der Waals surface area contributed by atoms with Crippen LogP contribution in [0.25, 0.3) is 0 Å². The maximum Gasteiger partial charge on any atom is 0.242 e. The zero-order chi connectivity index (χ0) is 15.5. The van der Waals surface area contributed by atoms with Gasteiger partial charge >= 0.3 is 0 Å². The lowest BCUT2D eigenvalue weighted by Crippen LogP contribution is -2.34. The van der Waals surface area contributed by atoms with Gasteiger partial charge in [0, 0.05) is 13.6 Å². The molecular formula is C15H20N2O3S. The van der Waals surface area contributed by atoms with Crippen LogP contribution in [-0.2, 0) is 16.4 Å². The summed E-state index contributed by atoms with van der Waals surface area (Å²) in [5.41, 5.74) is 0.797. The number of rotatable bonds is 5. The lowest BCUT2D eigenvalue weighted by atomic mass is 10.1. The van der Waals surface area contributed by atoms with Crippen molar-refractivity contribution in [3.05, 3.63) is 29.8 Å². The van der Waals surface area contributed by atoms with Gasteiger partial charge in [0.1, 0.15) is 0 Å². The van der Waals surface area contributed by atoms with E-state index in [1.54, 1.807) is 19.2 Å². The third kappa shape index (κ3) is 3.62. The van der Waals surface area contributed by atoms with Crippen LogP contribution in [-0.4, -0.2) is 37.5 Å². The number of benzene rings is 1. The van der Waals surface area contributed by atoms with Crippen molar-refractivity contribution in [3.63, 3.8) is 0 Å². The summed E-state index contributed by atoms with van der Waals surface area (Å²) >= 11 is 0. The molecule has 114 valence electrons. The van der Waals surface area contributed by atoms with Gasteiger partial charge in [-0.2, -0.15) is 5.26 Å². The van der Waals surface area contributed by atoms with E-state index in [2.05, 4.69) is 0 Å². The van der Waals surface area contributed by atoms with E-state index in [1.807, 2.05) is 6.07 Å². The molecule has 1 aliphatic rings. The van der Waals surface area contributed by atoms with Gasteiger partial charge in [-0.05, 0) is 36.5 Å². The summed E-state index contributed by atoms with van der Waals surface area (Å²) in [4.78, 5) is 0.221. The summed E-state index contributed by atoms with van der Waals surface area (Å²) in [7, 11) is -2.00. The normalized spacial score (nSPS) is 22.4. The first-order chi connectivity index (χ1) is 9.95. The second-order valence-corrected chi connectivity index (χ2v) is 7.57. The van der Waals surface area contributed by atoms with Crippen molar-refractivity contribution >= 4 is 10.0 Å². The number of hydrogen-bond donors (Lipinski definition) is 1. The minimum absolute atomic E-state index is 0.0163. The summed E-state index contributed by atoms with van der Waals surface area (Å²) in [6.07, 6.45) is 2.43. The summed E-state index contributed by atoms with van der Waals surface area (Å²) in [5, 5.41) is 18.4. The molecule has 1 aliphatic carbocycles. The fourth-order valence-corrected chi connectivity index (χ4v) is 3.94. The lowest BCUT2D eigenvalue weighted by molar-refractivity contribution is 0.123. The molecule has 2 rings (SSSR count). The van der Waals surface area contributed by atoms with Crippen LogP contribution in [0.3, 0.4) is 0 Å². The number of aliphatic hydroxyl groups is 1. The summed E-state index contributed by atoms with van der Waals surface area (Å²) < 4.78 is 26.3. The molecule has 0 saturated heterocycles. The Hall–Kier alpha value is -1.42. The molecule has 0 radical (unpaired) electrons. The first kappa shape index (κ1) is 16.0. The molecular weight excluding hydrogens is 288 g/mol. The van der Waals surface area contributed by atoms with Crippen LogP contribution >= 0.6 is 0 Å². The highest BCUT2D eigenvalue weighted by atomic mass is 32.2. The predicted molar refractivity (Wildman–Crippen MR) is 78.9 cm³/mol. The number of aliphatic hydroxyl groups excluding tert-OH is 1. The fourth-order valence-electron chi connectivity index (χ4n) is 2.71. The van der Waals surface area contributed by atoms with Gasteiger partial charge in [-0.1, -0.05) is 18.6 Å². The standard InChI is InChI=1S/C15H20N2O3S/c1-17(11-13-3-2-4-15(13)18)21(19,20)14-7-5-12(6-8-14)9-10-16/h5-8,13,15,18H,2-4,9,11H2,1H3. The van der Waals surface area contributed by atoms with E-state index in [-0.39, 0.29) is 17.2 Å². The molecule has 5 nitrogen and oxygen atoms in total. The lowest BCUT2D eigenvalue weighted by Gasteiger charge is -2.23. The van der Waals surface area contributed by atoms with Gasteiger partial charge in [-0.15, -0.1) is 0 Å². The van der Waals surface area contributed by atoms with Gasteiger partial charge in [0.15, 0.2) is 0 Å². The first-order valence-corrected chi connectivity index (χ1v) is 8.49. The van der Waals surface area contributed by atoms with E-state index in [0.717, 1.165) is 24.8 Å². The summed E-state index contributed by atoms with van der Waals surface area (Å²) in [5.74, 6) is 0.0163. The molecule has 0 aromatic heterocycles. The van der Waals surface area contributed by atoms with E-state index in [4.69, 9.17) is 5.26 Å². The highest BCUT2D eigenvalue weighted by Gasteiger charge is 2.30. The van der Waals surface area contributed by atoms with Crippen molar-refractivity contribution in [2.75, 3.05) is 13.6 Å². The summed E-state index contributed by atoms with van der Waals surface area (Å²) in [6, 6.07) is 8.42. The van der Waals surface area contributed by atoms with Crippen LogP contribution in [0.1, 0.15) is 24.8 Å². The van der Waals surface area contributed by atoms with E-state index in [0.29, 0.717) is 6.54 Å². The number of nitriles is 1. The Morgan fingerprint density at radius 1 is 1.33 bits per heavy atom. The van der Waals surface area contributed by atoms with E-state index in [1.165, 1.54) is 16.4 Å². The molecule has 6 heteroatoms. The van der Waals surface area contributed by atoms with Crippen LogP contribution in [0.2, 0.25) is 0 Å². The monoisotopic (exact) mass is 308 g/mol. The fraction of sp³-hybridized carbons (Fsp3) is 0.533. The Labute approximate surface area is 125 Å². The molecule has 1 aromatic rings. The molecule has 2 atom stereocenters. The second kappa shape index (κ2) is 6.56. The Balaban J connectivity index is 2.11. The molecule has 2 unspecified atom stereocenters. The van der Waals surface area contributed by atoms with E-state index >= 15 is 0 Å². The topological polar surface area (TPSA) is 81.4 Å². The van der Waals surface area contributed by atoms with Crippen molar-refractivity contribution in [1.29, 1.82) is 5.26 Å². The third-order valence-electron chi connectivity index (χ3n) is 4.03. The van der Waals surface area contributed by atoms with Crippen LogP contribution in [0, 0.1) is 17.2 Å². The maximum absolute atomic E-state index is 12.5. The van der Waals surface area contributed by atoms with Crippen molar-refractivity contribution in [2.45, 2.75) is 36.7 Å². The Bertz CT molecular complexity index is 619. The van der Waals surface area contributed by atoms with Gasteiger partial charge in [-0.3, -0.25) is 0 Å². The van der Waals surface area contributed by atoms with Crippen molar-refractivity contribution < 1.29 is 13.5 Å². The molecule has 0 aliphatic heterocycles. The first-order valence-electron chi connectivity index (χ1n) is 7.05. The number of nitrogens with zero attached hydrogens (tertiary/aromatic N) is 2. The van der Waals surface area contributed by atoms with Gasteiger partial charge in [0.2, 0.25) is 10.0 Å².